The fourth-order valence-corrected chi connectivity index (χ4v) is 2.85. The van der Waals surface area contributed by atoms with Crippen molar-refractivity contribution in [2.75, 3.05) is 0 Å². The number of aliphatic carboxylic acids is 2. The van der Waals surface area contributed by atoms with Crippen LogP contribution < -0.4 is 21.7 Å². The second kappa shape index (κ2) is 13.7. The number of nitrogens with two attached hydrogens (primary N) is 1. The lowest BCUT2D eigenvalue weighted by Crippen LogP contribution is -2.59. The summed E-state index contributed by atoms with van der Waals surface area (Å²) in [6.07, 6.45) is -0.499. The first-order chi connectivity index (χ1) is 14.7. The third-order valence-corrected chi connectivity index (χ3v) is 4.87. The summed E-state index contributed by atoms with van der Waals surface area (Å²) in [6, 6.07) is -4.32. The summed E-state index contributed by atoms with van der Waals surface area (Å²) in [5.74, 6) is -4.96. The van der Waals surface area contributed by atoms with Crippen LogP contribution in [0, 0.1) is 17.8 Å². The van der Waals surface area contributed by atoms with E-state index in [9.17, 15) is 29.1 Å². The molecule has 0 aliphatic carbocycles. The van der Waals surface area contributed by atoms with Crippen molar-refractivity contribution < 1.29 is 34.2 Å². The van der Waals surface area contributed by atoms with Crippen LogP contribution in [0.15, 0.2) is 0 Å². The van der Waals surface area contributed by atoms with Gasteiger partial charge in [-0.1, -0.05) is 41.5 Å². The fourth-order valence-electron chi connectivity index (χ4n) is 2.85. The Morgan fingerprint density at radius 2 is 1.28 bits per heavy atom. The summed E-state index contributed by atoms with van der Waals surface area (Å²) >= 11 is 0. The molecule has 7 N–H and O–H groups in total. The van der Waals surface area contributed by atoms with E-state index in [2.05, 4.69) is 16.0 Å². The molecule has 0 aromatic carbocycles. The number of carboxylic acids is 2. The lowest BCUT2D eigenvalue weighted by atomic mass is 9.99. The maximum atomic E-state index is 12.9. The van der Waals surface area contributed by atoms with E-state index in [-0.39, 0.29) is 30.6 Å². The zero-order valence-electron chi connectivity index (χ0n) is 19.7. The molecule has 11 heteroatoms. The molecule has 0 radical (unpaired) electrons. The smallest absolute Gasteiger partial charge is 0.326 e. The Kier molecular flexibility index (Phi) is 12.5. The van der Waals surface area contributed by atoms with Crippen LogP contribution in [0.1, 0.15) is 60.8 Å². The van der Waals surface area contributed by atoms with Crippen LogP contribution in [0.5, 0.6) is 0 Å². The minimum absolute atomic E-state index is 0.0193. The normalized spacial score (nSPS) is 15.1. The maximum Gasteiger partial charge on any atom is 0.326 e. The molecule has 4 atom stereocenters. The van der Waals surface area contributed by atoms with Crippen molar-refractivity contribution in [3.05, 3.63) is 0 Å². The fraction of sp³-hybridized carbons (Fsp3) is 0.762. The van der Waals surface area contributed by atoms with E-state index < -0.39 is 60.2 Å². The highest BCUT2D eigenvalue weighted by Gasteiger charge is 2.32. The van der Waals surface area contributed by atoms with Gasteiger partial charge >= 0.3 is 11.9 Å². The quantitative estimate of drug-likeness (QED) is 0.211. The molecule has 0 spiro atoms. The first-order valence-electron chi connectivity index (χ1n) is 10.8. The molecule has 184 valence electrons. The summed E-state index contributed by atoms with van der Waals surface area (Å²) in [6.45, 7) is 10.5. The lowest BCUT2D eigenvalue weighted by Gasteiger charge is -2.27. The van der Waals surface area contributed by atoms with E-state index in [1.165, 1.54) is 0 Å². The molecule has 0 fully saturated rings. The Bertz CT molecular complexity index is 679. The highest BCUT2D eigenvalue weighted by Crippen LogP contribution is 2.09. The van der Waals surface area contributed by atoms with Crippen molar-refractivity contribution in [3.63, 3.8) is 0 Å². The van der Waals surface area contributed by atoms with Crippen molar-refractivity contribution in [3.8, 4) is 0 Å². The molecule has 0 aromatic rings. The van der Waals surface area contributed by atoms with Crippen molar-refractivity contribution in [1.82, 2.24) is 16.0 Å². The van der Waals surface area contributed by atoms with E-state index in [1.807, 2.05) is 0 Å². The average Bonchev–Trinajstić information content (AvgIpc) is 2.66. The first kappa shape index (κ1) is 29.3. The van der Waals surface area contributed by atoms with Gasteiger partial charge in [0, 0.05) is 6.42 Å². The predicted molar refractivity (Wildman–Crippen MR) is 117 cm³/mol. The van der Waals surface area contributed by atoms with Gasteiger partial charge in [-0.3, -0.25) is 19.2 Å². The van der Waals surface area contributed by atoms with Crippen molar-refractivity contribution in [2.45, 2.75) is 85.0 Å². The zero-order valence-corrected chi connectivity index (χ0v) is 19.7. The van der Waals surface area contributed by atoms with Gasteiger partial charge in [0.25, 0.3) is 0 Å². The number of carboxylic acid groups (broad SMARTS) is 2. The number of carbonyl (C=O) groups is 5. The van der Waals surface area contributed by atoms with E-state index in [0.717, 1.165) is 0 Å². The van der Waals surface area contributed by atoms with Gasteiger partial charge in [-0.25, -0.2) is 4.79 Å². The second-order valence-corrected chi connectivity index (χ2v) is 9.02. The third kappa shape index (κ3) is 10.6. The van der Waals surface area contributed by atoms with Gasteiger partial charge in [0.2, 0.25) is 17.7 Å². The molecular weight excluding hydrogens is 420 g/mol. The number of hydrogen-bond acceptors (Lipinski definition) is 6. The summed E-state index contributed by atoms with van der Waals surface area (Å²) in [7, 11) is 0. The van der Waals surface area contributed by atoms with E-state index in [4.69, 9.17) is 10.8 Å². The molecule has 11 nitrogen and oxygen atoms in total. The van der Waals surface area contributed by atoms with Crippen LogP contribution in [0.25, 0.3) is 0 Å². The molecule has 0 saturated heterocycles. The molecule has 0 bridgehead atoms. The summed E-state index contributed by atoms with van der Waals surface area (Å²) in [5.41, 5.74) is 5.83. The summed E-state index contributed by atoms with van der Waals surface area (Å²) < 4.78 is 0. The topological polar surface area (TPSA) is 188 Å². The van der Waals surface area contributed by atoms with Crippen LogP contribution in [-0.2, 0) is 24.0 Å². The highest BCUT2D eigenvalue weighted by atomic mass is 16.4. The maximum absolute atomic E-state index is 12.9. The van der Waals surface area contributed by atoms with Gasteiger partial charge in [0.05, 0.1) is 6.04 Å². The Labute approximate surface area is 188 Å². The molecule has 4 unspecified atom stereocenters. The van der Waals surface area contributed by atoms with Gasteiger partial charge < -0.3 is 31.9 Å². The monoisotopic (exact) mass is 458 g/mol. The average molecular weight is 459 g/mol. The minimum atomic E-state index is -1.29. The molecule has 32 heavy (non-hydrogen) atoms. The van der Waals surface area contributed by atoms with Crippen LogP contribution >= 0.6 is 0 Å². The van der Waals surface area contributed by atoms with Gasteiger partial charge in [0.1, 0.15) is 18.1 Å². The number of hydrogen-bond donors (Lipinski definition) is 6. The largest absolute Gasteiger partial charge is 0.481 e. The van der Waals surface area contributed by atoms with E-state index in [0.29, 0.717) is 0 Å². The Hall–Kier alpha value is -2.69. The molecular formula is C21H38N4O7. The Balaban J connectivity index is 5.52. The van der Waals surface area contributed by atoms with Crippen LogP contribution in [0.3, 0.4) is 0 Å². The number of carbonyl (C=O) groups excluding carboxylic acids is 3. The van der Waals surface area contributed by atoms with Crippen LogP contribution in [0.4, 0.5) is 0 Å². The second-order valence-electron chi connectivity index (χ2n) is 9.02. The molecule has 0 heterocycles. The summed E-state index contributed by atoms with van der Waals surface area (Å²) in [4.78, 5) is 60.4. The third-order valence-electron chi connectivity index (χ3n) is 4.87. The predicted octanol–water partition coefficient (Wildman–Crippen LogP) is 0.0756. The lowest BCUT2D eigenvalue weighted by molar-refractivity contribution is -0.143. The highest BCUT2D eigenvalue weighted by molar-refractivity contribution is 5.94. The molecule has 0 aromatic heterocycles. The van der Waals surface area contributed by atoms with Crippen LogP contribution in [-0.4, -0.2) is 64.0 Å². The van der Waals surface area contributed by atoms with E-state index >= 15 is 0 Å². The molecule has 0 rings (SSSR count). The SMILES string of the molecule is CC(C)CC(NC(=O)C(CCC(=O)O)NC(=O)C(NC(=O)C(N)C(C)C)C(C)C)C(=O)O. The van der Waals surface area contributed by atoms with Crippen molar-refractivity contribution in [2.24, 2.45) is 23.5 Å². The minimum Gasteiger partial charge on any atom is -0.481 e. The number of amides is 3. The van der Waals surface area contributed by atoms with Crippen molar-refractivity contribution >= 4 is 29.7 Å². The molecule has 0 saturated carbocycles. The van der Waals surface area contributed by atoms with Gasteiger partial charge in [-0.2, -0.15) is 0 Å². The Morgan fingerprint density at radius 3 is 1.69 bits per heavy atom. The first-order valence-corrected chi connectivity index (χ1v) is 10.8. The zero-order chi connectivity index (χ0) is 25.2. The van der Waals surface area contributed by atoms with Gasteiger partial charge in [-0.05, 0) is 30.6 Å². The molecule has 3 amide bonds. The van der Waals surface area contributed by atoms with E-state index in [1.54, 1.807) is 41.5 Å². The molecule has 0 aliphatic heterocycles. The molecule has 0 aliphatic rings. The van der Waals surface area contributed by atoms with Crippen LogP contribution in [0.2, 0.25) is 0 Å². The standard InChI is InChI=1S/C21H38N4O7/c1-10(2)9-14(21(31)32)24-18(28)13(7-8-15(26)27)23-20(30)17(12(5)6)25-19(29)16(22)11(3)4/h10-14,16-17H,7-9,22H2,1-6H3,(H,23,30)(H,24,28)(H,25,29)(H,26,27)(H,31,32). The summed E-state index contributed by atoms with van der Waals surface area (Å²) in [5, 5.41) is 25.7. The Morgan fingerprint density at radius 1 is 0.750 bits per heavy atom. The number of rotatable bonds is 14. The van der Waals surface area contributed by atoms with Gasteiger partial charge in [0.15, 0.2) is 0 Å². The van der Waals surface area contributed by atoms with Crippen molar-refractivity contribution in [1.29, 1.82) is 0 Å². The number of nitrogens with one attached hydrogen (secondary N) is 3. The van der Waals surface area contributed by atoms with Gasteiger partial charge in [-0.15, -0.1) is 0 Å².